The minimum atomic E-state index is 0.291. The molecule has 1 saturated carbocycles. The van der Waals surface area contributed by atoms with Crippen molar-refractivity contribution >= 4 is 5.78 Å². The molecule has 1 fully saturated rings. The molecule has 1 heteroatoms. The summed E-state index contributed by atoms with van der Waals surface area (Å²) in [5.41, 5.74) is 4.19. The van der Waals surface area contributed by atoms with Gasteiger partial charge in [-0.1, -0.05) is 43.2 Å². The smallest absolute Gasteiger partial charge is 0.162 e. The number of carbonyl (C=O) groups excluding carboxylic acids is 1. The summed E-state index contributed by atoms with van der Waals surface area (Å²) in [7, 11) is 0. The Kier molecular flexibility index (Phi) is 4.91. The molecular weight excluding hydrogens is 256 g/mol. The fourth-order valence-corrected chi connectivity index (χ4v) is 3.59. The molecule has 2 aliphatic carbocycles. The van der Waals surface area contributed by atoms with Gasteiger partial charge in [-0.2, -0.15) is 0 Å². The van der Waals surface area contributed by atoms with E-state index < -0.39 is 0 Å². The molecule has 1 nitrogen and oxygen atoms in total. The van der Waals surface area contributed by atoms with Gasteiger partial charge in [0.25, 0.3) is 0 Å². The molecule has 116 valence electrons. The summed E-state index contributed by atoms with van der Waals surface area (Å²) in [5, 5.41) is 0. The molecule has 0 spiro atoms. The highest BCUT2D eigenvalue weighted by molar-refractivity contribution is 5.95. The Bertz CT molecular complexity index is 502. The van der Waals surface area contributed by atoms with E-state index in [1.807, 2.05) is 6.92 Å². The Labute approximate surface area is 130 Å². The summed E-state index contributed by atoms with van der Waals surface area (Å²) in [6.45, 7) is 11.1. The van der Waals surface area contributed by atoms with Crippen LogP contribution in [-0.2, 0) is 4.79 Å². The van der Waals surface area contributed by atoms with Crippen LogP contribution in [0.3, 0.4) is 0 Å². The third-order valence-electron chi connectivity index (χ3n) is 5.53. The number of Topliss-reactive ketones (excluding diaryl/α,β-unsaturated/α-hetero) is 1. The van der Waals surface area contributed by atoms with Crippen LogP contribution in [0.4, 0.5) is 0 Å². The molecular formula is C20H30O. The van der Waals surface area contributed by atoms with Gasteiger partial charge in [0.1, 0.15) is 0 Å². The van der Waals surface area contributed by atoms with Crippen LogP contribution in [0.5, 0.6) is 0 Å². The zero-order chi connectivity index (χ0) is 15.6. The largest absolute Gasteiger partial charge is 0.294 e. The Morgan fingerprint density at radius 3 is 2.43 bits per heavy atom. The van der Waals surface area contributed by atoms with Gasteiger partial charge in [-0.3, -0.25) is 4.79 Å². The maximum Gasteiger partial charge on any atom is 0.162 e. The van der Waals surface area contributed by atoms with Crippen molar-refractivity contribution in [3.8, 4) is 0 Å². The van der Waals surface area contributed by atoms with Crippen molar-refractivity contribution in [3.05, 3.63) is 34.9 Å². The standard InChI is InChI=1S/C20H30O/c1-14-7-6-8-15(2)10-12-19(21)16(3)13-18-17(11-9-14)20(18,4)5/h7,10,13,17-18H,6,8-9,11-12H2,1-5H3/b14-7-,15-10-,16-13-/t17-,18-/m1/s1. The summed E-state index contributed by atoms with van der Waals surface area (Å²) in [6, 6.07) is 0. The van der Waals surface area contributed by atoms with Crippen LogP contribution in [0, 0.1) is 17.3 Å². The summed E-state index contributed by atoms with van der Waals surface area (Å²) in [6.07, 6.45) is 12.0. The van der Waals surface area contributed by atoms with Crippen molar-refractivity contribution in [2.45, 2.75) is 66.7 Å². The van der Waals surface area contributed by atoms with Crippen LogP contribution in [0.25, 0.3) is 0 Å². The van der Waals surface area contributed by atoms with Crippen LogP contribution in [-0.4, -0.2) is 5.78 Å². The van der Waals surface area contributed by atoms with Crippen LogP contribution in [0.2, 0.25) is 0 Å². The number of ketones is 1. The van der Waals surface area contributed by atoms with Crippen molar-refractivity contribution in [2.75, 3.05) is 0 Å². The third kappa shape index (κ3) is 3.96. The maximum absolute atomic E-state index is 12.2. The number of hydrogen-bond donors (Lipinski definition) is 0. The van der Waals surface area contributed by atoms with Gasteiger partial charge in [0, 0.05) is 6.42 Å². The van der Waals surface area contributed by atoms with Gasteiger partial charge in [0.2, 0.25) is 0 Å². The highest BCUT2D eigenvalue weighted by atomic mass is 16.1. The van der Waals surface area contributed by atoms with Crippen LogP contribution in [0.15, 0.2) is 34.9 Å². The second kappa shape index (κ2) is 6.34. The molecule has 0 heterocycles. The van der Waals surface area contributed by atoms with Crippen molar-refractivity contribution in [1.82, 2.24) is 0 Å². The monoisotopic (exact) mass is 286 g/mol. The molecule has 0 unspecified atom stereocenters. The van der Waals surface area contributed by atoms with Crippen molar-refractivity contribution in [3.63, 3.8) is 0 Å². The fraction of sp³-hybridized carbons (Fsp3) is 0.650. The number of allylic oxidation sites excluding steroid dienone is 6. The predicted molar refractivity (Wildman–Crippen MR) is 90.1 cm³/mol. The van der Waals surface area contributed by atoms with E-state index >= 15 is 0 Å². The van der Waals surface area contributed by atoms with E-state index in [1.54, 1.807) is 0 Å². The van der Waals surface area contributed by atoms with Gasteiger partial charge < -0.3 is 0 Å². The lowest BCUT2D eigenvalue weighted by atomic mass is 10.0. The quantitative estimate of drug-likeness (QED) is 0.527. The molecule has 2 rings (SSSR count). The number of rotatable bonds is 0. The second-order valence-corrected chi connectivity index (χ2v) is 7.61. The molecule has 0 aromatic carbocycles. The van der Waals surface area contributed by atoms with Crippen molar-refractivity contribution in [2.24, 2.45) is 17.3 Å². The Hall–Kier alpha value is -1.11. The first-order valence-corrected chi connectivity index (χ1v) is 8.35. The summed E-state index contributed by atoms with van der Waals surface area (Å²) in [5.74, 6) is 1.62. The van der Waals surface area contributed by atoms with Gasteiger partial charge in [-0.05, 0) is 69.3 Å². The zero-order valence-corrected chi connectivity index (χ0v) is 14.3. The summed E-state index contributed by atoms with van der Waals surface area (Å²) in [4.78, 5) is 12.2. The molecule has 0 N–H and O–H groups in total. The fourth-order valence-electron chi connectivity index (χ4n) is 3.59. The lowest BCUT2D eigenvalue weighted by molar-refractivity contribution is -0.114. The lowest BCUT2D eigenvalue weighted by Gasteiger charge is -2.05. The Morgan fingerprint density at radius 1 is 1.05 bits per heavy atom. The Morgan fingerprint density at radius 2 is 1.71 bits per heavy atom. The minimum absolute atomic E-state index is 0.291. The van der Waals surface area contributed by atoms with E-state index in [9.17, 15) is 4.79 Å². The molecule has 2 atom stereocenters. The van der Waals surface area contributed by atoms with Gasteiger partial charge in [-0.15, -0.1) is 0 Å². The van der Waals surface area contributed by atoms with Crippen LogP contribution in [0.1, 0.15) is 66.7 Å². The van der Waals surface area contributed by atoms with Crippen molar-refractivity contribution in [1.29, 1.82) is 0 Å². The van der Waals surface area contributed by atoms with E-state index in [2.05, 4.69) is 45.9 Å². The van der Waals surface area contributed by atoms with Crippen LogP contribution >= 0.6 is 0 Å². The first-order chi connectivity index (χ1) is 9.82. The van der Waals surface area contributed by atoms with Crippen LogP contribution < -0.4 is 0 Å². The number of fused-ring (bicyclic) bond motifs is 1. The van der Waals surface area contributed by atoms with Gasteiger partial charge in [0.05, 0.1) is 0 Å². The Balaban J connectivity index is 2.18. The normalized spacial score (nSPS) is 38.0. The average Bonchev–Trinajstić information content (AvgIpc) is 2.93. The SMILES string of the molecule is C/C1=C/CC(=O)/C(C)=C\[C@@H]2[C@@H](CC/C(C)=C\CC1)C2(C)C. The lowest BCUT2D eigenvalue weighted by Crippen LogP contribution is -1.99. The third-order valence-corrected chi connectivity index (χ3v) is 5.53. The zero-order valence-electron chi connectivity index (χ0n) is 14.3. The summed E-state index contributed by atoms with van der Waals surface area (Å²) >= 11 is 0. The highest BCUT2D eigenvalue weighted by Gasteiger charge is 2.55. The predicted octanol–water partition coefficient (Wildman–Crippen LogP) is 5.63. The molecule has 21 heavy (non-hydrogen) atoms. The summed E-state index contributed by atoms with van der Waals surface area (Å²) < 4.78 is 0. The molecule has 0 aromatic heterocycles. The van der Waals surface area contributed by atoms with Crippen molar-refractivity contribution < 1.29 is 4.79 Å². The first kappa shape index (κ1) is 16.3. The average molecular weight is 286 g/mol. The van der Waals surface area contributed by atoms with Gasteiger partial charge in [-0.25, -0.2) is 0 Å². The molecule has 0 radical (unpaired) electrons. The topological polar surface area (TPSA) is 17.1 Å². The molecule has 0 aliphatic heterocycles. The van der Waals surface area contributed by atoms with E-state index in [1.165, 1.54) is 24.0 Å². The molecule has 0 aromatic rings. The maximum atomic E-state index is 12.2. The van der Waals surface area contributed by atoms with E-state index in [-0.39, 0.29) is 0 Å². The molecule has 2 aliphatic rings. The molecule has 0 bridgehead atoms. The van der Waals surface area contributed by atoms with E-state index in [0.29, 0.717) is 23.5 Å². The molecule has 0 saturated heterocycles. The van der Waals surface area contributed by atoms with E-state index in [0.717, 1.165) is 24.3 Å². The number of hydrogen-bond acceptors (Lipinski definition) is 1. The number of carbonyl (C=O) groups is 1. The van der Waals surface area contributed by atoms with Gasteiger partial charge >= 0.3 is 0 Å². The minimum Gasteiger partial charge on any atom is -0.294 e. The van der Waals surface area contributed by atoms with E-state index in [4.69, 9.17) is 0 Å². The highest BCUT2D eigenvalue weighted by Crippen LogP contribution is 2.61. The molecule has 0 amide bonds. The first-order valence-electron chi connectivity index (χ1n) is 8.35. The van der Waals surface area contributed by atoms with Gasteiger partial charge in [0.15, 0.2) is 5.78 Å². The second-order valence-electron chi connectivity index (χ2n) is 7.61.